The number of hydrogen-bond donors (Lipinski definition) is 1. The molecule has 1 amide bonds. The monoisotopic (exact) mass is 380 g/mol. The van der Waals surface area contributed by atoms with Crippen LogP contribution in [0.15, 0.2) is 23.1 Å². The number of benzene rings is 1. The Bertz CT molecular complexity index is 815. The molecule has 2 aliphatic heterocycles. The number of carboxylic acids is 1. The lowest BCUT2D eigenvalue weighted by molar-refractivity contribution is -0.141. The summed E-state index contributed by atoms with van der Waals surface area (Å²) in [6.45, 7) is 3.09. The second-order valence-electron chi connectivity index (χ2n) is 6.94. The summed E-state index contributed by atoms with van der Waals surface area (Å²) in [5.74, 6) is -1.44. The molecule has 1 aromatic carbocycles. The van der Waals surface area contributed by atoms with E-state index in [4.69, 9.17) is 0 Å². The summed E-state index contributed by atoms with van der Waals surface area (Å²) in [4.78, 5) is 25.7. The van der Waals surface area contributed by atoms with Crippen molar-refractivity contribution in [3.63, 3.8) is 0 Å². The maximum absolute atomic E-state index is 12.9. The first-order valence-electron chi connectivity index (χ1n) is 8.97. The van der Waals surface area contributed by atoms with Crippen molar-refractivity contribution in [2.24, 2.45) is 0 Å². The molecule has 0 aliphatic carbocycles. The third kappa shape index (κ3) is 3.48. The Labute approximate surface area is 153 Å². The summed E-state index contributed by atoms with van der Waals surface area (Å²) in [6.07, 6.45) is 3.75. The molecule has 142 valence electrons. The lowest BCUT2D eigenvalue weighted by Gasteiger charge is -2.26. The number of piperidine rings is 1. The van der Waals surface area contributed by atoms with E-state index in [2.05, 4.69) is 0 Å². The zero-order valence-corrected chi connectivity index (χ0v) is 15.7. The summed E-state index contributed by atoms with van der Waals surface area (Å²) in [6, 6.07) is 3.70. The van der Waals surface area contributed by atoms with Crippen LogP contribution in [-0.2, 0) is 14.8 Å². The van der Waals surface area contributed by atoms with E-state index in [0.717, 1.165) is 19.3 Å². The number of amides is 1. The number of likely N-dealkylation sites (tertiary alicyclic amines) is 1. The standard InChI is InChI=1S/C18H24N2O5S/c1-13-7-8-14(26(24,25)19-9-3-2-4-10-19)12-15(13)17(21)20-11-5-6-16(20)18(22)23/h7-8,12,16H,2-6,9-11H2,1H3,(H,22,23)/t16-/m1/s1. The molecule has 3 rings (SSSR count). The minimum absolute atomic E-state index is 0.0967. The van der Waals surface area contributed by atoms with Gasteiger partial charge in [-0.05, 0) is 50.3 Å². The molecule has 2 aliphatic rings. The van der Waals surface area contributed by atoms with E-state index in [-0.39, 0.29) is 10.5 Å². The molecule has 0 aromatic heterocycles. The molecule has 1 N–H and O–H groups in total. The number of carbonyl (C=O) groups excluding carboxylic acids is 1. The first-order valence-corrected chi connectivity index (χ1v) is 10.4. The molecule has 0 unspecified atom stereocenters. The lowest BCUT2D eigenvalue weighted by atomic mass is 10.1. The number of nitrogens with zero attached hydrogens (tertiary/aromatic N) is 2. The van der Waals surface area contributed by atoms with Gasteiger partial charge in [0, 0.05) is 25.2 Å². The highest BCUT2D eigenvalue weighted by Gasteiger charge is 2.35. The van der Waals surface area contributed by atoms with Gasteiger partial charge in [0.05, 0.1) is 4.90 Å². The smallest absolute Gasteiger partial charge is 0.326 e. The molecule has 0 radical (unpaired) electrons. The van der Waals surface area contributed by atoms with Crippen molar-refractivity contribution in [3.05, 3.63) is 29.3 Å². The van der Waals surface area contributed by atoms with Gasteiger partial charge in [-0.15, -0.1) is 0 Å². The average Bonchev–Trinajstić information content (AvgIpc) is 3.12. The van der Waals surface area contributed by atoms with Crippen molar-refractivity contribution in [2.45, 2.75) is 50.0 Å². The zero-order valence-electron chi connectivity index (χ0n) is 14.8. The number of sulfonamides is 1. The van der Waals surface area contributed by atoms with Crippen LogP contribution in [0.25, 0.3) is 0 Å². The van der Waals surface area contributed by atoms with Gasteiger partial charge in [0.1, 0.15) is 6.04 Å². The van der Waals surface area contributed by atoms with Crippen LogP contribution in [0.4, 0.5) is 0 Å². The number of aryl methyl sites for hydroxylation is 1. The molecule has 8 heteroatoms. The first kappa shape index (κ1) is 18.8. The topological polar surface area (TPSA) is 95.0 Å². The first-order chi connectivity index (χ1) is 12.3. The van der Waals surface area contributed by atoms with Crippen molar-refractivity contribution in [1.29, 1.82) is 0 Å². The molecule has 2 heterocycles. The van der Waals surface area contributed by atoms with Crippen LogP contribution in [0.2, 0.25) is 0 Å². The van der Waals surface area contributed by atoms with Crippen molar-refractivity contribution in [1.82, 2.24) is 9.21 Å². The highest BCUT2D eigenvalue weighted by atomic mass is 32.2. The normalized spacial score (nSPS) is 21.7. The number of carbonyl (C=O) groups is 2. The van der Waals surface area contributed by atoms with Crippen LogP contribution in [0, 0.1) is 6.92 Å². The van der Waals surface area contributed by atoms with Crippen molar-refractivity contribution >= 4 is 21.9 Å². The highest BCUT2D eigenvalue weighted by molar-refractivity contribution is 7.89. The fraction of sp³-hybridized carbons (Fsp3) is 0.556. The predicted octanol–water partition coefficient (Wildman–Crippen LogP) is 1.86. The summed E-state index contributed by atoms with van der Waals surface area (Å²) < 4.78 is 27.2. The fourth-order valence-electron chi connectivity index (χ4n) is 3.67. The third-order valence-electron chi connectivity index (χ3n) is 5.19. The van der Waals surface area contributed by atoms with Gasteiger partial charge < -0.3 is 10.0 Å². The minimum Gasteiger partial charge on any atom is -0.480 e. The maximum atomic E-state index is 12.9. The maximum Gasteiger partial charge on any atom is 0.326 e. The molecule has 2 saturated heterocycles. The largest absolute Gasteiger partial charge is 0.480 e. The molecule has 7 nitrogen and oxygen atoms in total. The van der Waals surface area contributed by atoms with Crippen molar-refractivity contribution in [2.75, 3.05) is 19.6 Å². The Hall–Kier alpha value is -1.93. The highest BCUT2D eigenvalue weighted by Crippen LogP contribution is 2.26. The molecular weight excluding hydrogens is 356 g/mol. The van der Waals surface area contributed by atoms with E-state index in [0.29, 0.717) is 38.0 Å². The number of hydrogen-bond acceptors (Lipinski definition) is 4. The van der Waals surface area contributed by atoms with E-state index in [9.17, 15) is 23.1 Å². The van der Waals surface area contributed by atoms with E-state index in [1.807, 2.05) is 0 Å². The summed E-state index contributed by atoms with van der Waals surface area (Å²) in [5.41, 5.74) is 0.903. The number of aliphatic carboxylic acids is 1. The van der Waals surface area contributed by atoms with Crippen LogP contribution in [0.3, 0.4) is 0 Å². The van der Waals surface area contributed by atoms with Crippen LogP contribution >= 0.6 is 0 Å². The molecule has 26 heavy (non-hydrogen) atoms. The van der Waals surface area contributed by atoms with Gasteiger partial charge in [0.25, 0.3) is 5.91 Å². The number of rotatable bonds is 4. The van der Waals surface area contributed by atoms with Crippen molar-refractivity contribution < 1.29 is 23.1 Å². The Balaban J connectivity index is 1.93. The molecule has 1 aromatic rings. The second kappa shape index (κ2) is 7.36. The quantitative estimate of drug-likeness (QED) is 0.860. The Morgan fingerprint density at radius 2 is 1.77 bits per heavy atom. The Morgan fingerprint density at radius 1 is 1.08 bits per heavy atom. The molecule has 2 fully saturated rings. The van der Waals surface area contributed by atoms with Crippen LogP contribution in [0.1, 0.15) is 48.0 Å². The van der Waals surface area contributed by atoms with E-state index < -0.39 is 27.9 Å². The summed E-state index contributed by atoms with van der Waals surface area (Å²) in [5, 5.41) is 9.31. The molecule has 0 bridgehead atoms. The van der Waals surface area contributed by atoms with Gasteiger partial charge in [-0.25, -0.2) is 13.2 Å². The van der Waals surface area contributed by atoms with E-state index in [1.165, 1.54) is 21.3 Å². The minimum atomic E-state index is -3.64. The summed E-state index contributed by atoms with van der Waals surface area (Å²) in [7, 11) is -3.64. The van der Waals surface area contributed by atoms with Crippen molar-refractivity contribution in [3.8, 4) is 0 Å². The molecular formula is C18H24N2O5S. The van der Waals surface area contributed by atoms with Crippen LogP contribution < -0.4 is 0 Å². The van der Waals surface area contributed by atoms with E-state index >= 15 is 0 Å². The van der Waals surface area contributed by atoms with Gasteiger partial charge >= 0.3 is 5.97 Å². The van der Waals surface area contributed by atoms with Gasteiger partial charge in [-0.3, -0.25) is 4.79 Å². The fourth-order valence-corrected chi connectivity index (χ4v) is 5.21. The summed E-state index contributed by atoms with van der Waals surface area (Å²) >= 11 is 0. The Kier molecular flexibility index (Phi) is 5.34. The lowest BCUT2D eigenvalue weighted by Crippen LogP contribution is -2.41. The van der Waals surface area contributed by atoms with Gasteiger partial charge in [-0.2, -0.15) is 4.31 Å². The number of carboxylic acid groups (broad SMARTS) is 1. The van der Waals surface area contributed by atoms with Crippen LogP contribution in [0.5, 0.6) is 0 Å². The predicted molar refractivity (Wildman–Crippen MR) is 95.5 cm³/mol. The van der Waals surface area contributed by atoms with Gasteiger partial charge in [0.15, 0.2) is 0 Å². The van der Waals surface area contributed by atoms with Gasteiger partial charge in [0.2, 0.25) is 10.0 Å². The van der Waals surface area contributed by atoms with Crippen LogP contribution in [-0.4, -0.2) is 60.3 Å². The third-order valence-corrected chi connectivity index (χ3v) is 7.09. The second-order valence-corrected chi connectivity index (χ2v) is 8.87. The van der Waals surface area contributed by atoms with Gasteiger partial charge in [-0.1, -0.05) is 12.5 Å². The molecule has 0 saturated carbocycles. The molecule has 0 spiro atoms. The molecule has 1 atom stereocenters. The average molecular weight is 380 g/mol. The van der Waals surface area contributed by atoms with E-state index in [1.54, 1.807) is 13.0 Å². The SMILES string of the molecule is Cc1ccc(S(=O)(=O)N2CCCCC2)cc1C(=O)N1CCC[C@@H]1C(=O)O. The Morgan fingerprint density at radius 3 is 2.42 bits per heavy atom. The zero-order chi connectivity index (χ0) is 18.9.